The van der Waals surface area contributed by atoms with Crippen LogP contribution < -0.4 is 16.0 Å². The molecule has 1 aromatic carbocycles. The first kappa shape index (κ1) is 19.2. The minimum Gasteiger partial charge on any atom is -0.465 e. The highest BCUT2D eigenvalue weighted by atomic mass is 16.4. The van der Waals surface area contributed by atoms with Gasteiger partial charge in [-0.1, -0.05) is 37.5 Å². The number of benzene rings is 1. The van der Waals surface area contributed by atoms with Crippen LogP contribution in [0.25, 0.3) is 0 Å². The van der Waals surface area contributed by atoms with Crippen LogP contribution in [0.3, 0.4) is 0 Å². The van der Waals surface area contributed by atoms with E-state index in [1.807, 2.05) is 35.2 Å². The van der Waals surface area contributed by atoms with Crippen LogP contribution in [0.5, 0.6) is 0 Å². The number of hydrogen-bond acceptors (Lipinski definition) is 3. The molecular weight excluding hydrogens is 318 g/mol. The lowest BCUT2D eigenvalue weighted by atomic mass is 9.93. The maximum atomic E-state index is 13.2. The summed E-state index contributed by atoms with van der Waals surface area (Å²) in [5, 5.41) is 11.6. The van der Waals surface area contributed by atoms with Crippen molar-refractivity contribution in [1.82, 2.24) is 5.32 Å². The van der Waals surface area contributed by atoms with E-state index in [0.717, 1.165) is 44.2 Å². The van der Waals surface area contributed by atoms with Gasteiger partial charge in [-0.15, -0.1) is 0 Å². The van der Waals surface area contributed by atoms with E-state index in [4.69, 9.17) is 10.8 Å². The Labute approximate surface area is 149 Å². The van der Waals surface area contributed by atoms with Crippen LogP contribution in [-0.4, -0.2) is 35.7 Å². The van der Waals surface area contributed by atoms with Gasteiger partial charge in [0, 0.05) is 11.7 Å². The highest BCUT2D eigenvalue weighted by Crippen LogP contribution is 2.28. The van der Waals surface area contributed by atoms with Crippen molar-refractivity contribution in [2.45, 2.75) is 63.5 Å². The summed E-state index contributed by atoms with van der Waals surface area (Å²) < 4.78 is 0. The molecule has 0 radical (unpaired) electrons. The quantitative estimate of drug-likeness (QED) is 0.630. The van der Waals surface area contributed by atoms with Gasteiger partial charge in [-0.2, -0.15) is 0 Å². The maximum absolute atomic E-state index is 13.2. The molecule has 0 heterocycles. The van der Waals surface area contributed by atoms with Crippen LogP contribution in [0.2, 0.25) is 0 Å². The first-order chi connectivity index (χ1) is 12.1. The lowest BCUT2D eigenvalue weighted by Crippen LogP contribution is -2.52. The van der Waals surface area contributed by atoms with E-state index < -0.39 is 12.1 Å². The number of rotatable bonds is 8. The molecule has 1 fully saturated rings. The third kappa shape index (κ3) is 5.74. The molecule has 1 unspecified atom stereocenters. The molecule has 1 aliphatic rings. The van der Waals surface area contributed by atoms with Gasteiger partial charge >= 0.3 is 6.09 Å². The largest absolute Gasteiger partial charge is 0.465 e. The van der Waals surface area contributed by atoms with Crippen LogP contribution in [0.1, 0.15) is 51.4 Å². The molecule has 0 saturated heterocycles. The number of para-hydroxylation sites is 1. The highest BCUT2D eigenvalue weighted by Gasteiger charge is 2.32. The van der Waals surface area contributed by atoms with Crippen LogP contribution in [0.15, 0.2) is 30.3 Å². The van der Waals surface area contributed by atoms with E-state index in [0.29, 0.717) is 13.0 Å². The number of nitrogens with zero attached hydrogens (tertiary/aromatic N) is 1. The third-order valence-electron chi connectivity index (χ3n) is 4.75. The topological polar surface area (TPSA) is 95.7 Å². The second kappa shape index (κ2) is 10.0. The molecule has 1 aromatic rings. The van der Waals surface area contributed by atoms with E-state index in [-0.39, 0.29) is 11.9 Å². The Kier molecular flexibility index (Phi) is 7.73. The Morgan fingerprint density at radius 2 is 1.84 bits per heavy atom. The normalized spacial score (nSPS) is 16.2. The van der Waals surface area contributed by atoms with Crippen LogP contribution >= 0.6 is 0 Å². The van der Waals surface area contributed by atoms with Crippen molar-refractivity contribution >= 4 is 17.7 Å². The molecule has 0 aromatic heterocycles. The molecule has 6 heteroatoms. The number of amides is 2. The number of hydrogen-bond donors (Lipinski definition) is 3. The molecule has 4 N–H and O–H groups in total. The molecular formula is C19H29N3O3. The Morgan fingerprint density at radius 1 is 1.16 bits per heavy atom. The van der Waals surface area contributed by atoms with E-state index >= 15 is 0 Å². The summed E-state index contributed by atoms with van der Waals surface area (Å²) in [5.41, 5.74) is 6.37. The van der Waals surface area contributed by atoms with Gasteiger partial charge in [0.1, 0.15) is 6.04 Å². The summed E-state index contributed by atoms with van der Waals surface area (Å²) in [5.74, 6) is -0.155. The minimum absolute atomic E-state index is 0.135. The van der Waals surface area contributed by atoms with Gasteiger partial charge in [-0.25, -0.2) is 4.79 Å². The van der Waals surface area contributed by atoms with E-state index in [1.165, 1.54) is 6.42 Å². The van der Waals surface area contributed by atoms with Gasteiger partial charge in [0.25, 0.3) is 0 Å². The second-order valence-electron chi connectivity index (χ2n) is 6.62. The van der Waals surface area contributed by atoms with Crippen LogP contribution in [-0.2, 0) is 4.79 Å². The van der Waals surface area contributed by atoms with E-state index in [2.05, 4.69) is 5.32 Å². The zero-order valence-corrected chi connectivity index (χ0v) is 14.7. The van der Waals surface area contributed by atoms with Gasteiger partial charge in [0.05, 0.1) is 0 Å². The van der Waals surface area contributed by atoms with Gasteiger partial charge in [0.2, 0.25) is 5.91 Å². The summed E-state index contributed by atoms with van der Waals surface area (Å²) in [6.07, 6.45) is 6.13. The molecule has 0 bridgehead atoms. The maximum Gasteiger partial charge on any atom is 0.405 e. The van der Waals surface area contributed by atoms with Crippen molar-refractivity contribution in [3.05, 3.63) is 30.3 Å². The number of nitrogens with two attached hydrogens (primary N) is 1. The lowest BCUT2D eigenvalue weighted by Gasteiger charge is -2.36. The SMILES string of the molecule is NCCCCC(NC(=O)O)C(=O)N(c1ccccc1)C1CCCCC1. The monoisotopic (exact) mass is 347 g/mol. The van der Waals surface area contributed by atoms with Crippen molar-refractivity contribution < 1.29 is 14.7 Å². The lowest BCUT2D eigenvalue weighted by molar-refractivity contribution is -0.121. The van der Waals surface area contributed by atoms with E-state index in [1.54, 1.807) is 0 Å². The number of carboxylic acid groups (broad SMARTS) is 1. The predicted octanol–water partition coefficient (Wildman–Crippen LogP) is 3.12. The summed E-state index contributed by atoms with van der Waals surface area (Å²) in [4.78, 5) is 26.2. The summed E-state index contributed by atoms with van der Waals surface area (Å²) in [6.45, 7) is 0.541. The number of anilines is 1. The molecule has 0 spiro atoms. The third-order valence-corrected chi connectivity index (χ3v) is 4.75. The van der Waals surface area contributed by atoms with Crippen molar-refractivity contribution in [3.63, 3.8) is 0 Å². The first-order valence-corrected chi connectivity index (χ1v) is 9.21. The first-order valence-electron chi connectivity index (χ1n) is 9.21. The molecule has 138 valence electrons. The smallest absolute Gasteiger partial charge is 0.405 e. The fraction of sp³-hybridized carbons (Fsp3) is 0.579. The molecule has 2 amide bonds. The molecule has 25 heavy (non-hydrogen) atoms. The van der Waals surface area contributed by atoms with Crippen molar-refractivity contribution in [3.8, 4) is 0 Å². The second-order valence-corrected chi connectivity index (χ2v) is 6.62. The molecule has 1 aliphatic carbocycles. The fourth-order valence-corrected chi connectivity index (χ4v) is 3.51. The van der Waals surface area contributed by atoms with Crippen molar-refractivity contribution in [2.24, 2.45) is 5.73 Å². The Bertz CT molecular complexity index is 544. The highest BCUT2D eigenvalue weighted by molar-refractivity contribution is 5.99. The number of carbonyl (C=O) groups is 2. The average molecular weight is 347 g/mol. The van der Waals surface area contributed by atoms with Gasteiger partial charge in [-0.05, 0) is 50.8 Å². The zero-order chi connectivity index (χ0) is 18.1. The Morgan fingerprint density at radius 3 is 2.44 bits per heavy atom. The number of carbonyl (C=O) groups excluding carboxylic acids is 1. The molecule has 2 rings (SSSR count). The molecule has 1 saturated carbocycles. The van der Waals surface area contributed by atoms with Crippen LogP contribution in [0.4, 0.5) is 10.5 Å². The molecule has 6 nitrogen and oxygen atoms in total. The molecule has 1 atom stereocenters. The molecule has 0 aliphatic heterocycles. The van der Waals surface area contributed by atoms with Crippen molar-refractivity contribution in [2.75, 3.05) is 11.4 Å². The van der Waals surface area contributed by atoms with Gasteiger partial charge < -0.3 is 21.1 Å². The number of unbranched alkanes of at least 4 members (excludes halogenated alkanes) is 1. The standard InChI is InChI=1S/C19H29N3O3/c20-14-8-7-13-17(21-19(24)25)18(23)22(15-9-3-1-4-10-15)16-11-5-2-6-12-16/h1,3-4,9-10,16-17,21H,2,5-8,11-14,20H2,(H,24,25). The van der Waals surface area contributed by atoms with Gasteiger partial charge in [-0.3, -0.25) is 4.79 Å². The summed E-state index contributed by atoms with van der Waals surface area (Å²) >= 11 is 0. The minimum atomic E-state index is -1.16. The zero-order valence-electron chi connectivity index (χ0n) is 14.7. The fourth-order valence-electron chi connectivity index (χ4n) is 3.51. The average Bonchev–Trinajstić information content (AvgIpc) is 2.63. The van der Waals surface area contributed by atoms with E-state index in [9.17, 15) is 9.59 Å². The number of nitrogens with one attached hydrogen (secondary N) is 1. The van der Waals surface area contributed by atoms with Gasteiger partial charge in [0.15, 0.2) is 0 Å². The Balaban J connectivity index is 2.22. The summed E-state index contributed by atoms with van der Waals surface area (Å²) in [6, 6.07) is 8.98. The van der Waals surface area contributed by atoms with Crippen molar-refractivity contribution in [1.29, 1.82) is 0 Å². The summed E-state index contributed by atoms with van der Waals surface area (Å²) in [7, 11) is 0. The predicted molar refractivity (Wildman–Crippen MR) is 98.7 cm³/mol. The van der Waals surface area contributed by atoms with Crippen LogP contribution in [0, 0.1) is 0 Å². The Hall–Kier alpha value is -2.08.